The molecule has 1 aromatic rings. The number of hydrogen-bond acceptors (Lipinski definition) is 3. The molecule has 4 nitrogen and oxygen atoms in total. The van der Waals surface area contributed by atoms with Gasteiger partial charge in [0.1, 0.15) is 0 Å². The van der Waals surface area contributed by atoms with Crippen LogP contribution in [-0.2, 0) is 4.79 Å². The Morgan fingerprint density at radius 1 is 1.08 bits per heavy atom. The highest BCUT2D eigenvalue weighted by molar-refractivity contribution is 5.47. The summed E-state index contributed by atoms with van der Waals surface area (Å²) in [5.74, 6) is 0. The van der Waals surface area contributed by atoms with Gasteiger partial charge in [-0.15, -0.1) is 13.2 Å². The molecule has 0 aromatic heterocycles. The van der Waals surface area contributed by atoms with E-state index in [0.717, 1.165) is 11.4 Å². The molecule has 0 radical (unpaired) electrons. The van der Waals surface area contributed by atoms with Crippen molar-refractivity contribution in [2.24, 2.45) is 0 Å². The van der Waals surface area contributed by atoms with E-state index < -0.39 is 0 Å². The Kier molecular flexibility index (Phi) is 10.5. The largest absolute Gasteiger partial charge is 0.483 e. The minimum absolute atomic E-state index is 0.250. The SMILES string of the molecule is C=C.Nc1ccc(N)cc1.O=CO. The van der Waals surface area contributed by atoms with Crippen molar-refractivity contribution >= 4 is 17.8 Å². The number of carbonyl (C=O) groups is 1. The van der Waals surface area contributed by atoms with Crippen LogP contribution in [0.5, 0.6) is 0 Å². The van der Waals surface area contributed by atoms with Gasteiger partial charge in [-0.1, -0.05) is 0 Å². The minimum Gasteiger partial charge on any atom is -0.483 e. The van der Waals surface area contributed by atoms with Gasteiger partial charge in [-0.3, -0.25) is 4.79 Å². The first-order valence-corrected chi connectivity index (χ1v) is 3.39. The van der Waals surface area contributed by atoms with E-state index in [1.165, 1.54) is 0 Å². The van der Waals surface area contributed by atoms with E-state index in [4.69, 9.17) is 21.4 Å². The highest BCUT2D eigenvalue weighted by atomic mass is 16.3. The zero-order valence-corrected chi connectivity index (χ0v) is 7.31. The van der Waals surface area contributed by atoms with Crippen LogP contribution in [0.1, 0.15) is 0 Å². The zero-order chi connectivity index (χ0) is 10.7. The van der Waals surface area contributed by atoms with Gasteiger partial charge in [0.2, 0.25) is 0 Å². The Morgan fingerprint density at radius 2 is 1.23 bits per heavy atom. The molecule has 0 spiro atoms. The average molecular weight is 182 g/mol. The van der Waals surface area contributed by atoms with Gasteiger partial charge in [-0.05, 0) is 24.3 Å². The summed E-state index contributed by atoms with van der Waals surface area (Å²) in [4.78, 5) is 8.36. The molecule has 0 aliphatic heterocycles. The second kappa shape index (κ2) is 10.0. The van der Waals surface area contributed by atoms with Gasteiger partial charge in [0, 0.05) is 11.4 Å². The van der Waals surface area contributed by atoms with Gasteiger partial charge >= 0.3 is 0 Å². The second-order valence-electron chi connectivity index (χ2n) is 1.77. The van der Waals surface area contributed by atoms with E-state index in [9.17, 15) is 0 Å². The summed E-state index contributed by atoms with van der Waals surface area (Å²) in [6, 6.07) is 7.09. The van der Waals surface area contributed by atoms with Gasteiger partial charge in [0.25, 0.3) is 6.47 Å². The van der Waals surface area contributed by atoms with Crippen LogP contribution in [0.4, 0.5) is 11.4 Å². The molecule has 1 rings (SSSR count). The van der Waals surface area contributed by atoms with E-state index in [0.29, 0.717) is 0 Å². The van der Waals surface area contributed by atoms with Crippen molar-refractivity contribution < 1.29 is 9.90 Å². The van der Waals surface area contributed by atoms with Crippen molar-refractivity contribution in [3.8, 4) is 0 Å². The Morgan fingerprint density at radius 3 is 1.38 bits per heavy atom. The summed E-state index contributed by atoms with van der Waals surface area (Å²) in [5, 5.41) is 6.89. The molecule has 0 aliphatic rings. The maximum absolute atomic E-state index is 8.36. The third kappa shape index (κ3) is 10.0. The maximum Gasteiger partial charge on any atom is 0.290 e. The van der Waals surface area contributed by atoms with Gasteiger partial charge in [0.05, 0.1) is 0 Å². The number of carboxylic acid groups (broad SMARTS) is 1. The molecule has 1 aromatic carbocycles. The molecule has 0 saturated heterocycles. The molecule has 0 atom stereocenters. The van der Waals surface area contributed by atoms with E-state index in [-0.39, 0.29) is 6.47 Å². The summed E-state index contributed by atoms with van der Waals surface area (Å²) < 4.78 is 0. The third-order valence-corrected chi connectivity index (χ3v) is 0.936. The van der Waals surface area contributed by atoms with E-state index in [1.54, 1.807) is 24.3 Å². The summed E-state index contributed by atoms with van der Waals surface area (Å²) in [6.07, 6.45) is 0. The molecule has 4 heteroatoms. The Balaban J connectivity index is 0. The Hall–Kier alpha value is -1.97. The number of nitrogens with two attached hydrogens (primary N) is 2. The molecular weight excluding hydrogens is 168 g/mol. The Labute approximate surface area is 77.5 Å². The molecule has 0 heterocycles. The number of benzene rings is 1. The lowest BCUT2D eigenvalue weighted by atomic mass is 10.3. The number of rotatable bonds is 0. The molecule has 0 aliphatic carbocycles. The monoisotopic (exact) mass is 182 g/mol. The van der Waals surface area contributed by atoms with Crippen LogP contribution < -0.4 is 11.5 Å². The van der Waals surface area contributed by atoms with E-state index in [1.807, 2.05) is 0 Å². The van der Waals surface area contributed by atoms with Crippen LogP contribution in [-0.4, -0.2) is 11.6 Å². The van der Waals surface area contributed by atoms with Gasteiger partial charge in [-0.25, -0.2) is 0 Å². The molecular formula is C9H14N2O2. The lowest BCUT2D eigenvalue weighted by Gasteiger charge is -1.90. The van der Waals surface area contributed by atoms with Crippen LogP contribution in [0.25, 0.3) is 0 Å². The predicted molar refractivity (Wildman–Crippen MR) is 55.2 cm³/mol. The maximum atomic E-state index is 8.36. The number of nitrogen functional groups attached to an aromatic ring is 2. The fraction of sp³-hybridized carbons (Fsp3) is 0. The molecule has 13 heavy (non-hydrogen) atoms. The fourth-order valence-electron chi connectivity index (χ4n) is 0.496. The standard InChI is InChI=1S/C6H8N2.C2H4.CH2O2/c7-5-1-2-6(8)4-3-5;1-2;2-1-3/h1-4H,7-8H2;1-2H2;1H,(H,2,3). The first-order valence-electron chi connectivity index (χ1n) is 3.39. The molecule has 5 N–H and O–H groups in total. The average Bonchev–Trinajstić information content (AvgIpc) is 2.15. The molecule has 72 valence electrons. The quantitative estimate of drug-likeness (QED) is 0.321. The van der Waals surface area contributed by atoms with Crippen molar-refractivity contribution in [1.29, 1.82) is 0 Å². The minimum atomic E-state index is -0.250. The highest BCUT2D eigenvalue weighted by Crippen LogP contribution is 2.04. The first-order chi connectivity index (χ1) is 6.20. The Bertz CT molecular complexity index is 201. The molecule has 0 unspecified atom stereocenters. The zero-order valence-electron chi connectivity index (χ0n) is 7.31. The lowest BCUT2D eigenvalue weighted by Crippen LogP contribution is -1.86. The molecule has 0 amide bonds. The van der Waals surface area contributed by atoms with Crippen molar-refractivity contribution in [3.05, 3.63) is 37.4 Å². The summed E-state index contributed by atoms with van der Waals surface area (Å²) in [7, 11) is 0. The lowest BCUT2D eigenvalue weighted by molar-refractivity contribution is -0.122. The predicted octanol–water partition coefficient (Wildman–Crippen LogP) is 1.35. The van der Waals surface area contributed by atoms with Crippen LogP contribution in [0.2, 0.25) is 0 Å². The van der Waals surface area contributed by atoms with Crippen LogP contribution >= 0.6 is 0 Å². The van der Waals surface area contributed by atoms with Crippen LogP contribution in [0, 0.1) is 0 Å². The fourth-order valence-corrected chi connectivity index (χ4v) is 0.496. The third-order valence-electron chi connectivity index (χ3n) is 0.936. The van der Waals surface area contributed by atoms with Crippen molar-refractivity contribution in [2.45, 2.75) is 0 Å². The van der Waals surface area contributed by atoms with Gasteiger partial charge in [0.15, 0.2) is 0 Å². The smallest absolute Gasteiger partial charge is 0.290 e. The topological polar surface area (TPSA) is 89.3 Å². The molecule has 0 saturated carbocycles. The van der Waals surface area contributed by atoms with E-state index in [2.05, 4.69) is 13.2 Å². The first kappa shape index (κ1) is 13.6. The normalized spacial score (nSPS) is 6.77. The van der Waals surface area contributed by atoms with Crippen LogP contribution in [0.15, 0.2) is 37.4 Å². The summed E-state index contributed by atoms with van der Waals surface area (Å²) in [5.41, 5.74) is 12.2. The van der Waals surface area contributed by atoms with Crippen molar-refractivity contribution in [3.63, 3.8) is 0 Å². The van der Waals surface area contributed by atoms with Crippen molar-refractivity contribution in [1.82, 2.24) is 0 Å². The highest BCUT2D eigenvalue weighted by Gasteiger charge is 1.80. The van der Waals surface area contributed by atoms with Crippen LogP contribution in [0.3, 0.4) is 0 Å². The van der Waals surface area contributed by atoms with Crippen molar-refractivity contribution in [2.75, 3.05) is 11.5 Å². The molecule has 0 fully saturated rings. The van der Waals surface area contributed by atoms with E-state index >= 15 is 0 Å². The van der Waals surface area contributed by atoms with Gasteiger partial charge in [-0.2, -0.15) is 0 Å². The number of anilines is 2. The number of hydrogen-bond donors (Lipinski definition) is 3. The van der Waals surface area contributed by atoms with Gasteiger partial charge < -0.3 is 16.6 Å². The molecule has 0 bridgehead atoms. The summed E-state index contributed by atoms with van der Waals surface area (Å²) >= 11 is 0. The second-order valence-corrected chi connectivity index (χ2v) is 1.77. The summed E-state index contributed by atoms with van der Waals surface area (Å²) in [6.45, 7) is 5.75.